The molecule has 1 aromatic carbocycles. The number of amides is 1. The summed E-state index contributed by atoms with van der Waals surface area (Å²) in [5.74, 6) is -0.0664. The van der Waals surface area contributed by atoms with E-state index in [-0.39, 0.29) is 11.9 Å². The molecule has 1 N–H and O–H groups in total. The van der Waals surface area contributed by atoms with Crippen LogP contribution >= 0.6 is 22.9 Å². The van der Waals surface area contributed by atoms with Gasteiger partial charge in [-0.05, 0) is 55.6 Å². The fraction of sp³-hybridized carbons (Fsp3) is 0.353. The molecule has 0 radical (unpaired) electrons. The fourth-order valence-corrected chi connectivity index (χ4v) is 3.92. The van der Waals surface area contributed by atoms with E-state index in [1.165, 1.54) is 17.7 Å². The third-order valence-corrected chi connectivity index (χ3v) is 5.20. The maximum absolute atomic E-state index is 12.3. The van der Waals surface area contributed by atoms with Gasteiger partial charge in [-0.25, -0.2) is 0 Å². The molecule has 0 unspecified atom stereocenters. The van der Waals surface area contributed by atoms with Crippen LogP contribution in [0.25, 0.3) is 0 Å². The molecule has 1 aliphatic heterocycles. The molecular weight excluding hydrogens is 316 g/mol. The summed E-state index contributed by atoms with van der Waals surface area (Å²) in [5, 5.41) is 5.74. The van der Waals surface area contributed by atoms with Gasteiger partial charge in [0.2, 0.25) is 0 Å². The molecule has 1 atom stereocenters. The second-order valence-electron chi connectivity index (χ2n) is 5.49. The van der Waals surface area contributed by atoms with Crippen molar-refractivity contribution in [2.24, 2.45) is 0 Å². The molecule has 5 heteroatoms. The Morgan fingerprint density at radius 2 is 2.09 bits per heavy atom. The zero-order valence-electron chi connectivity index (χ0n) is 12.3. The number of carbonyl (C=O) groups excluding carboxylic acids is 1. The number of carbonyl (C=O) groups is 1. The van der Waals surface area contributed by atoms with Crippen LogP contribution in [-0.4, -0.2) is 30.4 Å². The number of halogens is 1. The minimum Gasteiger partial charge on any atom is -0.350 e. The van der Waals surface area contributed by atoms with Gasteiger partial charge in [-0.3, -0.25) is 9.69 Å². The van der Waals surface area contributed by atoms with E-state index in [0.29, 0.717) is 17.1 Å². The lowest BCUT2D eigenvalue weighted by atomic mass is 10.2. The summed E-state index contributed by atoms with van der Waals surface area (Å²) in [7, 11) is 0. The van der Waals surface area contributed by atoms with Crippen LogP contribution in [0.1, 0.15) is 34.1 Å². The van der Waals surface area contributed by atoms with Gasteiger partial charge in [0.05, 0.1) is 6.04 Å². The van der Waals surface area contributed by atoms with Crippen molar-refractivity contribution in [2.75, 3.05) is 19.6 Å². The Morgan fingerprint density at radius 1 is 1.27 bits per heavy atom. The number of hydrogen-bond acceptors (Lipinski definition) is 3. The van der Waals surface area contributed by atoms with Crippen LogP contribution in [0.15, 0.2) is 41.8 Å². The lowest BCUT2D eigenvalue weighted by Gasteiger charge is -2.26. The van der Waals surface area contributed by atoms with Gasteiger partial charge < -0.3 is 5.32 Å². The molecule has 0 aliphatic carbocycles. The van der Waals surface area contributed by atoms with E-state index >= 15 is 0 Å². The molecular formula is C17H19ClN2OS. The van der Waals surface area contributed by atoms with E-state index < -0.39 is 0 Å². The van der Waals surface area contributed by atoms with Crippen LogP contribution in [0.3, 0.4) is 0 Å². The Bertz CT molecular complexity index is 623. The molecule has 2 heterocycles. The molecule has 2 aromatic rings. The zero-order chi connectivity index (χ0) is 15.4. The van der Waals surface area contributed by atoms with Crippen LogP contribution in [-0.2, 0) is 0 Å². The van der Waals surface area contributed by atoms with Crippen molar-refractivity contribution < 1.29 is 4.79 Å². The largest absolute Gasteiger partial charge is 0.350 e. The quantitative estimate of drug-likeness (QED) is 0.897. The first-order chi connectivity index (χ1) is 10.7. The van der Waals surface area contributed by atoms with E-state index in [4.69, 9.17) is 11.6 Å². The van der Waals surface area contributed by atoms with Gasteiger partial charge in [-0.15, -0.1) is 11.3 Å². The van der Waals surface area contributed by atoms with Gasteiger partial charge in [0, 0.05) is 22.0 Å². The predicted molar refractivity (Wildman–Crippen MR) is 91.7 cm³/mol. The third-order valence-electron chi connectivity index (χ3n) is 4.00. The van der Waals surface area contributed by atoms with Gasteiger partial charge in [0.15, 0.2) is 0 Å². The Balaban J connectivity index is 1.67. The topological polar surface area (TPSA) is 32.3 Å². The van der Waals surface area contributed by atoms with Crippen molar-refractivity contribution in [3.8, 4) is 0 Å². The van der Waals surface area contributed by atoms with E-state index in [1.807, 2.05) is 0 Å². The van der Waals surface area contributed by atoms with Crippen LogP contribution in [0.4, 0.5) is 0 Å². The van der Waals surface area contributed by atoms with Crippen molar-refractivity contribution in [3.63, 3.8) is 0 Å². The van der Waals surface area contributed by atoms with Crippen LogP contribution < -0.4 is 5.32 Å². The highest BCUT2D eigenvalue weighted by atomic mass is 35.5. The molecule has 22 heavy (non-hydrogen) atoms. The second-order valence-corrected chi connectivity index (χ2v) is 6.91. The molecule has 0 bridgehead atoms. The number of benzene rings is 1. The average Bonchev–Trinajstić information content (AvgIpc) is 3.21. The van der Waals surface area contributed by atoms with Gasteiger partial charge in [0.1, 0.15) is 0 Å². The predicted octanol–water partition coefficient (Wildman–Crippen LogP) is 3.97. The van der Waals surface area contributed by atoms with Gasteiger partial charge >= 0.3 is 0 Å². The first-order valence-corrected chi connectivity index (χ1v) is 8.81. The number of rotatable bonds is 5. The summed E-state index contributed by atoms with van der Waals surface area (Å²) in [5.41, 5.74) is 0.610. The number of likely N-dealkylation sites (tertiary alicyclic amines) is 1. The minimum atomic E-state index is -0.0664. The zero-order valence-corrected chi connectivity index (χ0v) is 13.9. The van der Waals surface area contributed by atoms with Crippen molar-refractivity contribution in [2.45, 2.75) is 18.9 Å². The summed E-state index contributed by atoms with van der Waals surface area (Å²) in [6.45, 7) is 2.84. The fourth-order valence-electron chi connectivity index (χ4n) is 2.86. The highest BCUT2D eigenvalue weighted by molar-refractivity contribution is 7.10. The molecule has 3 rings (SSSR count). The second kappa shape index (κ2) is 7.27. The maximum Gasteiger partial charge on any atom is 0.251 e. The highest BCUT2D eigenvalue weighted by Crippen LogP contribution is 2.27. The van der Waals surface area contributed by atoms with E-state index in [1.54, 1.807) is 35.6 Å². The lowest BCUT2D eigenvalue weighted by Crippen LogP contribution is -2.36. The van der Waals surface area contributed by atoms with Crippen molar-refractivity contribution in [1.82, 2.24) is 10.2 Å². The van der Waals surface area contributed by atoms with Crippen LogP contribution in [0.5, 0.6) is 0 Å². The van der Waals surface area contributed by atoms with Gasteiger partial charge in [0.25, 0.3) is 5.91 Å². The van der Waals surface area contributed by atoms with E-state index in [2.05, 4.69) is 27.7 Å². The standard InChI is InChI=1S/C17H19ClN2OS/c18-14-6-3-5-13(11-14)17(21)19-12-15(16-7-4-10-22-16)20-8-1-2-9-20/h3-7,10-11,15H,1-2,8-9,12H2,(H,19,21)/t15-/m1/s1. The molecule has 1 saturated heterocycles. The number of thiophene rings is 1. The molecule has 0 spiro atoms. The minimum absolute atomic E-state index is 0.0664. The Morgan fingerprint density at radius 3 is 2.77 bits per heavy atom. The monoisotopic (exact) mass is 334 g/mol. The van der Waals surface area contributed by atoms with Crippen molar-refractivity contribution in [1.29, 1.82) is 0 Å². The third kappa shape index (κ3) is 3.69. The van der Waals surface area contributed by atoms with E-state index in [0.717, 1.165) is 13.1 Å². The molecule has 116 valence electrons. The van der Waals surface area contributed by atoms with Crippen molar-refractivity contribution in [3.05, 3.63) is 57.2 Å². The molecule has 3 nitrogen and oxygen atoms in total. The Kier molecular flexibility index (Phi) is 5.13. The summed E-state index contributed by atoms with van der Waals surface area (Å²) in [4.78, 5) is 16.1. The van der Waals surface area contributed by atoms with Gasteiger partial charge in [-0.1, -0.05) is 23.7 Å². The molecule has 0 saturated carbocycles. The first-order valence-electron chi connectivity index (χ1n) is 7.55. The molecule has 1 fully saturated rings. The molecule has 1 aliphatic rings. The first kappa shape index (κ1) is 15.5. The summed E-state index contributed by atoms with van der Waals surface area (Å²) in [6, 6.07) is 11.6. The van der Waals surface area contributed by atoms with Crippen LogP contribution in [0, 0.1) is 0 Å². The average molecular weight is 335 g/mol. The number of nitrogens with one attached hydrogen (secondary N) is 1. The van der Waals surface area contributed by atoms with Crippen LogP contribution in [0.2, 0.25) is 5.02 Å². The maximum atomic E-state index is 12.3. The highest BCUT2D eigenvalue weighted by Gasteiger charge is 2.24. The molecule has 1 amide bonds. The van der Waals surface area contributed by atoms with Gasteiger partial charge in [-0.2, -0.15) is 0 Å². The summed E-state index contributed by atoms with van der Waals surface area (Å²) < 4.78 is 0. The normalized spacial score (nSPS) is 16.6. The summed E-state index contributed by atoms with van der Waals surface area (Å²) >= 11 is 7.70. The number of nitrogens with zero attached hydrogens (tertiary/aromatic N) is 1. The number of hydrogen-bond donors (Lipinski definition) is 1. The molecule has 1 aromatic heterocycles. The lowest BCUT2D eigenvalue weighted by molar-refractivity contribution is 0.0938. The smallest absolute Gasteiger partial charge is 0.251 e. The van der Waals surface area contributed by atoms with Crippen molar-refractivity contribution >= 4 is 28.8 Å². The SMILES string of the molecule is O=C(NC[C@H](c1cccs1)N1CCCC1)c1cccc(Cl)c1. The Hall–Kier alpha value is -1.36. The summed E-state index contributed by atoms with van der Waals surface area (Å²) in [6.07, 6.45) is 2.48. The Labute approximate surface area is 139 Å². The van der Waals surface area contributed by atoms with E-state index in [9.17, 15) is 4.79 Å².